The average Bonchev–Trinajstić information content (AvgIpc) is 2.56. The van der Waals surface area contributed by atoms with Gasteiger partial charge in [0, 0.05) is 28.9 Å². The van der Waals surface area contributed by atoms with Gasteiger partial charge in [0.1, 0.15) is 6.54 Å². The van der Waals surface area contributed by atoms with Crippen LogP contribution >= 0.6 is 11.6 Å². The fourth-order valence-electron chi connectivity index (χ4n) is 2.21. The fraction of sp³-hybridized carbons (Fsp3) is 0.222. The van der Waals surface area contributed by atoms with Crippen LogP contribution in [0.1, 0.15) is 18.1 Å². The third-order valence-corrected chi connectivity index (χ3v) is 3.46. The van der Waals surface area contributed by atoms with E-state index in [0.29, 0.717) is 17.3 Å². The van der Waals surface area contributed by atoms with Gasteiger partial charge < -0.3 is 10.1 Å². The van der Waals surface area contributed by atoms with Gasteiger partial charge in [-0.3, -0.25) is 9.79 Å². The zero-order chi connectivity index (χ0) is 16.7. The molecule has 2 aromatic carbocycles. The van der Waals surface area contributed by atoms with E-state index in [1.165, 1.54) is 0 Å². The van der Waals surface area contributed by atoms with Gasteiger partial charge in [-0.2, -0.15) is 0 Å². The molecular formula is C18H19ClN2O2. The number of esters is 1. The molecule has 0 fully saturated rings. The second kappa shape index (κ2) is 8.34. The first-order valence-electron chi connectivity index (χ1n) is 7.39. The first kappa shape index (κ1) is 17.0. The van der Waals surface area contributed by atoms with Gasteiger partial charge in [-0.1, -0.05) is 41.9 Å². The molecule has 0 heterocycles. The molecule has 0 saturated carbocycles. The van der Waals surface area contributed by atoms with Crippen molar-refractivity contribution in [2.24, 2.45) is 4.99 Å². The van der Waals surface area contributed by atoms with E-state index in [2.05, 4.69) is 10.3 Å². The molecule has 0 aliphatic carbocycles. The molecule has 2 aromatic rings. The number of carbonyl (C=O) groups is 1. The van der Waals surface area contributed by atoms with Crippen LogP contribution in [0.15, 0.2) is 53.5 Å². The number of hydrogen-bond acceptors (Lipinski definition) is 4. The van der Waals surface area contributed by atoms with Crippen molar-refractivity contribution in [3.05, 3.63) is 64.7 Å². The molecule has 4 nitrogen and oxygen atoms in total. The summed E-state index contributed by atoms with van der Waals surface area (Å²) in [4.78, 5) is 16.1. The molecule has 0 saturated heterocycles. The minimum absolute atomic E-state index is 0.0340. The minimum Gasteiger partial charge on any atom is -0.465 e. The van der Waals surface area contributed by atoms with E-state index in [0.717, 1.165) is 16.8 Å². The van der Waals surface area contributed by atoms with E-state index in [4.69, 9.17) is 16.3 Å². The van der Waals surface area contributed by atoms with Crippen molar-refractivity contribution in [1.29, 1.82) is 0 Å². The highest BCUT2D eigenvalue weighted by Gasteiger charge is 2.13. The summed E-state index contributed by atoms with van der Waals surface area (Å²) >= 11 is 6.14. The Balaban J connectivity index is 2.48. The highest BCUT2D eigenvalue weighted by Crippen LogP contribution is 2.24. The van der Waals surface area contributed by atoms with Gasteiger partial charge in [0.25, 0.3) is 0 Å². The molecule has 0 aliphatic heterocycles. The molecule has 0 atom stereocenters. The third-order valence-electron chi connectivity index (χ3n) is 3.22. The summed E-state index contributed by atoms with van der Waals surface area (Å²) in [7, 11) is 1.83. The van der Waals surface area contributed by atoms with Gasteiger partial charge in [0.05, 0.1) is 12.3 Å². The van der Waals surface area contributed by atoms with Crippen LogP contribution in [-0.4, -0.2) is 31.9 Å². The van der Waals surface area contributed by atoms with Crippen molar-refractivity contribution >= 4 is 29.0 Å². The maximum Gasteiger partial charge on any atom is 0.327 e. The summed E-state index contributed by atoms with van der Waals surface area (Å²) in [6.07, 6.45) is 0. The Hall–Kier alpha value is -2.33. The van der Waals surface area contributed by atoms with Gasteiger partial charge in [0.2, 0.25) is 0 Å². The van der Waals surface area contributed by atoms with Crippen LogP contribution in [0.25, 0.3) is 0 Å². The number of aliphatic imine (C=N–C) groups is 1. The molecule has 0 amide bonds. The van der Waals surface area contributed by atoms with Crippen molar-refractivity contribution in [1.82, 2.24) is 0 Å². The van der Waals surface area contributed by atoms with Crippen LogP contribution in [0.5, 0.6) is 0 Å². The van der Waals surface area contributed by atoms with Crippen LogP contribution < -0.4 is 5.32 Å². The largest absolute Gasteiger partial charge is 0.465 e. The number of halogens is 1. The van der Waals surface area contributed by atoms with Crippen LogP contribution in [0.4, 0.5) is 5.69 Å². The lowest BCUT2D eigenvalue weighted by molar-refractivity contribution is -0.141. The van der Waals surface area contributed by atoms with E-state index in [1.54, 1.807) is 6.92 Å². The molecule has 2 rings (SSSR count). The van der Waals surface area contributed by atoms with Gasteiger partial charge >= 0.3 is 5.97 Å². The number of nitrogens with one attached hydrogen (secondary N) is 1. The molecular weight excluding hydrogens is 312 g/mol. The first-order chi connectivity index (χ1) is 11.2. The Labute approximate surface area is 141 Å². The predicted molar refractivity (Wildman–Crippen MR) is 94.6 cm³/mol. The van der Waals surface area contributed by atoms with Gasteiger partial charge in [0.15, 0.2) is 0 Å². The van der Waals surface area contributed by atoms with Crippen molar-refractivity contribution in [2.45, 2.75) is 6.92 Å². The van der Waals surface area contributed by atoms with Crippen molar-refractivity contribution < 1.29 is 9.53 Å². The lowest BCUT2D eigenvalue weighted by atomic mass is 10.0. The van der Waals surface area contributed by atoms with E-state index in [9.17, 15) is 4.79 Å². The van der Waals surface area contributed by atoms with Crippen LogP contribution in [-0.2, 0) is 9.53 Å². The molecule has 0 radical (unpaired) electrons. The molecule has 23 heavy (non-hydrogen) atoms. The molecule has 0 aromatic heterocycles. The van der Waals surface area contributed by atoms with E-state index >= 15 is 0 Å². The Kier molecular flexibility index (Phi) is 6.18. The Morgan fingerprint density at radius 2 is 1.96 bits per heavy atom. The molecule has 0 unspecified atom stereocenters. The number of nitrogens with zero attached hydrogens (tertiary/aromatic N) is 1. The third kappa shape index (κ3) is 4.57. The molecule has 5 heteroatoms. The number of hydrogen-bond donors (Lipinski definition) is 1. The summed E-state index contributed by atoms with van der Waals surface area (Å²) in [6, 6.07) is 15.2. The Morgan fingerprint density at radius 3 is 2.61 bits per heavy atom. The second-order valence-corrected chi connectivity index (χ2v) is 5.21. The number of anilines is 1. The maximum absolute atomic E-state index is 11.7. The van der Waals surface area contributed by atoms with Crippen molar-refractivity contribution in [3.8, 4) is 0 Å². The van der Waals surface area contributed by atoms with Crippen LogP contribution in [0.3, 0.4) is 0 Å². The fourth-order valence-corrected chi connectivity index (χ4v) is 2.38. The summed E-state index contributed by atoms with van der Waals surface area (Å²) in [6.45, 7) is 2.08. The SMILES string of the molecule is CCOC(=O)CN=C(c1ccccc1)c1cc(Cl)ccc1NC. The maximum atomic E-state index is 11.7. The monoisotopic (exact) mass is 330 g/mol. The van der Waals surface area contributed by atoms with Crippen molar-refractivity contribution in [3.63, 3.8) is 0 Å². The predicted octanol–water partition coefficient (Wildman–Crippen LogP) is 3.78. The van der Waals surface area contributed by atoms with Crippen LogP contribution in [0, 0.1) is 0 Å². The van der Waals surface area contributed by atoms with E-state index in [-0.39, 0.29) is 12.5 Å². The average molecular weight is 331 g/mol. The molecule has 0 bridgehead atoms. The first-order valence-corrected chi connectivity index (χ1v) is 7.76. The summed E-state index contributed by atoms with van der Waals surface area (Å²) in [5, 5.41) is 3.74. The summed E-state index contributed by atoms with van der Waals surface area (Å²) < 4.78 is 4.96. The van der Waals surface area contributed by atoms with Crippen molar-refractivity contribution in [2.75, 3.05) is 25.5 Å². The quantitative estimate of drug-likeness (QED) is 0.647. The zero-order valence-electron chi connectivity index (χ0n) is 13.2. The number of rotatable bonds is 6. The highest BCUT2D eigenvalue weighted by molar-refractivity contribution is 6.31. The van der Waals surface area contributed by atoms with E-state index in [1.807, 2.05) is 55.6 Å². The van der Waals surface area contributed by atoms with Gasteiger partial charge in [-0.05, 0) is 25.1 Å². The molecule has 1 N–H and O–H groups in total. The highest BCUT2D eigenvalue weighted by atomic mass is 35.5. The lowest BCUT2D eigenvalue weighted by Gasteiger charge is -2.13. The summed E-state index contributed by atoms with van der Waals surface area (Å²) in [5.41, 5.74) is 3.34. The molecule has 0 spiro atoms. The molecule has 0 aliphatic rings. The van der Waals surface area contributed by atoms with E-state index < -0.39 is 0 Å². The Bertz CT molecular complexity index is 699. The normalized spacial score (nSPS) is 11.2. The second-order valence-electron chi connectivity index (χ2n) is 4.78. The Morgan fingerprint density at radius 1 is 1.22 bits per heavy atom. The summed E-state index contributed by atoms with van der Waals surface area (Å²) in [5.74, 6) is -0.353. The van der Waals surface area contributed by atoms with Gasteiger partial charge in [-0.25, -0.2) is 0 Å². The number of ether oxygens (including phenoxy) is 1. The topological polar surface area (TPSA) is 50.7 Å². The minimum atomic E-state index is -0.353. The van der Waals surface area contributed by atoms with Crippen LogP contribution in [0.2, 0.25) is 5.02 Å². The lowest BCUT2D eigenvalue weighted by Crippen LogP contribution is -2.13. The number of carbonyl (C=O) groups excluding carboxylic acids is 1. The zero-order valence-corrected chi connectivity index (χ0v) is 13.9. The van der Waals surface area contributed by atoms with Gasteiger partial charge in [-0.15, -0.1) is 0 Å². The molecule has 120 valence electrons. The smallest absolute Gasteiger partial charge is 0.327 e. The standard InChI is InChI=1S/C18H19ClN2O2/c1-3-23-17(22)12-21-18(13-7-5-4-6-8-13)15-11-14(19)9-10-16(15)20-2/h4-11,20H,3,12H2,1-2H3. The number of benzene rings is 2.